The molecular formula is C14H24N2. The van der Waals surface area contributed by atoms with E-state index in [0.717, 1.165) is 19.6 Å². The number of hydrogen-bond acceptors (Lipinski definition) is 2. The summed E-state index contributed by atoms with van der Waals surface area (Å²) in [6.45, 7) is 7.61. The quantitative estimate of drug-likeness (QED) is 0.711. The molecule has 16 heavy (non-hydrogen) atoms. The van der Waals surface area contributed by atoms with Gasteiger partial charge in [-0.25, -0.2) is 0 Å². The molecule has 90 valence electrons. The summed E-state index contributed by atoms with van der Waals surface area (Å²) in [6, 6.07) is 11.2. The van der Waals surface area contributed by atoms with E-state index in [9.17, 15) is 0 Å². The molecule has 1 N–H and O–H groups in total. The zero-order chi connectivity index (χ0) is 11.8. The van der Waals surface area contributed by atoms with Crippen LogP contribution in [0, 0.1) is 0 Å². The summed E-state index contributed by atoms with van der Waals surface area (Å²) in [6.07, 6.45) is 1.19. The monoisotopic (exact) mass is 220 g/mol. The van der Waals surface area contributed by atoms with Crippen LogP contribution in [0.1, 0.15) is 31.9 Å². The minimum absolute atomic E-state index is 0.484. The average Bonchev–Trinajstić information content (AvgIpc) is 2.35. The molecule has 0 radical (unpaired) electrons. The summed E-state index contributed by atoms with van der Waals surface area (Å²) in [7, 11) is 2.19. The molecule has 0 bridgehead atoms. The van der Waals surface area contributed by atoms with Crippen LogP contribution in [0.5, 0.6) is 0 Å². The van der Waals surface area contributed by atoms with Crippen molar-refractivity contribution in [3.05, 3.63) is 35.9 Å². The first-order valence-electron chi connectivity index (χ1n) is 6.25. The fourth-order valence-electron chi connectivity index (χ4n) is 1.84. The van der Waals surface area contributed by atoms with Crippen LogP contribution in [0.25, 0.3) is 0 Å². The summed E-state index contributed by atoms with van der Waals surface area (Å²) < 4.78 is 0. The highest BCUT2D eigenvalue weighted by Gasteiger charge is 2.14. The molecule has 0 saturated heterocycles. The van der Waals surface area contributed by atoms with E-state index in [2.05, 4.69) is 61.4 Å². The molecule has 0 saturated carbocycles. The summed E-state index contributed by atoms with van der Waals surface area (Å²) >= 11 is 0. The second-order valence-electron chi connectivity index (χ2n) is 4.20. The SMILES string of the molecule is CCCNCC(c1ccccc1)N(C)CC. The van der Waals surface area contributed by atoms with Crippen molar-refractivity contribution in [1.29, 1.82) is 0 Å². The highest BCUT2D eigenvalue weighted by atomic mass is 15.1. The van der Waals surface area contributed by atoms with E-state index in [4.69, 9.17) is 0 Å². The van der Waals surface area contributed by atoms with Gasteiger partial charge in [-0.15, -0.1) is 0 Å². The summed E-state index contributed by atoms with van der Waals surface area (Å²) in [4.78, 5) is 2.39. The molecule has 1 unspecified atom stereocenters. The van der Waals surface area contributed by atoms with Gasteiger partial charge in [0.1, 0.15) is 0 Å². The predicted molar refractivity (Wildman–Crippen MR) is 70.6 cm³/mol. The van der Waals surface area contributed by atoms with Crippen LogP contribution in [-0.2, 0) is 0 Å². The average molecular weight is 220 g/mol. The normalized spacial score (nSPS) is 13.0. The lowest BCUT2D eigenvalue weighted by molar-refractivity contribution is 0.250. The van der Waals surface area contributed by atoms with Gasteiger partial charge in [0.2, 0.25) is 0 Å². The third-order valence-corrected chi connectivity index (χ3v) is 2.98. The van der Waals surface area contributed by atoms with Crippen LogP contribution >= 0.6 is 0 Å². The molecule has 0 aliphatic heterocycles. The molecule has 2 heteroatoms. The number of rotatable bonds is 7. The Bertz CT molecular complexity index is 271. The van der Waals surface area contributed by atoms with Crippen molar-refractivity contribution in [2.24, 2.45) is 0 Å². The van der Waals surface area contributed by atoms with Crippen molar-refractivity contribution in [2.75, 3.05) is 26.7 Å². The van der Waals surface area contributed by atoms with Crippen molar-refractivity contribution in [2.45, 2.75) is 26.3 Å². The molecule has 2 nitrogen and oxygen atoms in total. The Hall–Kier alpha value is -0.860. The molecular weight excluding hydrogens is 196 g/mol. The summed E-state index contributed by atoms with van der Waals surface area (Å²) in [5, 5.41) is 3.51. The van der Waals surface area contributed by atoms with Gasteiger partial charge >= 0.3 is 0 Å². The molecule has 0 aromatic heterocycles. The molecule has 0 aliphatic rings. The van der Waals surface area contributed by atoms with E-state index < -0.39 is 0 Å². The van der Waals surface area contributed by atoms with Gasteiger partial charge in [0, 0.05) is 12.6 Å². The fourth-order valence-corrected chi connectivity index (χ4v) is 1.84. The van der Waals surface area contributed by atoms with Gasteiger partial charge in [0.25, 0.3) is 0 Å². The van der Waals surface area contributed by atoms with E-state index in [1.165, 1.54) is 12.0 Å². The summed E-state index contributed by atoms with van der Waals surface area (Å²) in [5.74, 6) is 0. The van der Waals surface area contributed by atoms with Crippen LogP contribution in [0.15, 0.2) is 30.3 Å². The number of likely N-dealkylation sites (N-methyl/N-ethyl adjacent to an activating group) is 1. The first kappa shape index (κ1) is 13.2. The molecule has 1 rings (SSSR count). The maximum atomic E-state index is 3.51. The minimum Gasteiger partial charge on any atom is -0.315 e. The van der Waals surface area contributed by atoms with Crippen molar-refractivity contribution < 1.29 is 0 Å². The van der Waals surface area contributed by atoms with Crippen molar-refractivity contribution >= 4 is 0 Å². The molecule has 0 aliphatic carbocycles. The van der Waals surface area contributed by atoms with E-state index in [0.29, 0.717) is 6.04 Å². The van der Waals surface area contributed by atoms with E-state index in [1.54, 1.807) is 0 Å². The van der Waals surface area contributed by atoms with Crippen molar-refractivity contribution in [3.8, 4) is 0 Å². The summed E-state index contributed by atoms with van der Waals surface area (Å²) in [5.41, 5.74) is 1.40. The lowest BCUT2D eigenvalue weighted by Gasteiger charge is -2.27. The zero-order valence-corrected chi connectivity index (χ0v) is 10.7. The minimum atomic E-state index is 0.484. The highest BCUT2D eigenvalue weighted by molar-refractivity contribution is 5.19. The molecule has 0 fully saturated rings. The Labute approximate surface area is 99.7 Å². The number of nitrogens with zero attached hydrogens (tertiary/aromatic N) is 1. The number of nitrogens with one attached hydrogen (secondary N) is 1. The number of hydrogen-bond donors (Lipinski definition) is 1. The Kier molecular flexibility index (Phi) is 6.12. The molecule has 1 aromatic rings. The van der Waals surface area contributed by atoms with E-state index in [1.807, 2.05) is 0 Å². The van der Waals surface area contributed by atoms with Gasteiger partial charge in [-0.1, -0.05) is 44.2 Å². The lowest BCUT2D eigenvalue weighted by Crippen LogP contribution is -2.33. The first-order chi connectivity index (χ1) is 7.79. The van der Waals surface area contributed by atoms with Crippen LogP contribution in [0.2, 0.25) is 0 Å². The maximum Gasteiger partial charge on any atom is 0.0469 e. The predicted octanol–water partition coefficient (Wildman–Crippen LogP) is 2.68. The van der Waals surface area contributed by atoms with Crippen molar-refractivity contribution in [1.82, 2.24) is 10.2 Å². The van der Waals surface area contributed by atoms with Gasteiger partial charge in [-0.2, -0.15) is 0 Å². The largest absolute Gasteiger partial charge is 0.315 e. The number of benzene rings is 1. The smallest absolute Gasteiger partial charge is 0.0469 e. The molecule has 0 heterocycles. The van der Waals surface area contributed by atoms with Crippen molar-refractivity contribution in [3.63, 3.8) is 0 Å². The molecule has 1 atom stereocenters. The van der Waals surface area contributed by atoms with Gasteiger partial charge < -0.3 is 5.32 Å². The standard InChI is InChI=1S/C14H24N2/c1-4-11-15-12-14(16(3)5-2)13-9-7-6-8-10-13/h6-10,14-15H,4-5,11-12H2,1-3H3. The fraction of sp³-hybridized carbons (Fsp3) is 0.571. The molecule has 0 spiro atoms. The van der Waals surface area contributed by atoms with Crippen LogP contribution in [-0.4, -0.2) is 31.6 Å². The van der Waals surface area contributed by atoms with Gasteiger partial charge in [-0.05, 0) is 32.1 Å². The van der Waals surface area contributed by atoms with Gasteiger partial charge in [-0.3, -0.25) is 4.90 Å². The molecule has 0 amide bonds. The third-order valence-electron chi connectivity index (χ3n) is 2.98. The van der Waals surface area contributed by atoms with Crippen LogP contribution in [0.4, 0.5) is 0 Å². The topological polar surface area (TPSA) is 15.3 Å². The Balaban J connectivity index is 2.64. The Morgan fingerprint density at radius 1 is 1.19 bits per heavy atom. The van der Waals surface area contributed by atoms with Crippen LogP contribution < -0.4 is 5.32 Å². The highest BCUT2D eigenvalue weighted by Crippen LogP contribution is 2.17. The van der Waals surface area contributed by atoms with Gasteiger partial charge in [0.05, 0.1) is 0 Å². The van der Waals surface area contributed by atoms with E-state index in [-0.39, 0.29) is 0 Å². The van der Waals surface area contributed by atoms with Crippen LogP contribution in [0.3, 0.4) is 0 Å². The maximum absolute atomic E-state index is 3.51. The Morgan fingerprint density at radius 3 is 2.44 bits per heavy atom. The van der Waals surface area contributed by atoms with E-state index >= 15 is 0 Å². The zero-order valence-electron chi connectivity index (χ0n) is 10.7. The first-order valence-corrected chi connectivity index (χ1v) is 6.25. The second-order valence-corrected chi connectivity index (χ2v) is 4.20. The molecule has 1 aromatic carbocycles. The van der Waals surface area contributed by atoms with Gasteiger partial charge in [0.15, 0.2) is 0 Å². The third kappa shape index (κ3) is 3.95. The Morgan fingerprint density at radius 2 is 1.88 bits per heavy atom. The second kappa shape index (κ2) is 7.42. The lowest BCUT2D eigenvalue weighted by atomic mass is 10.1.